The molecule has 1 amide bonds. The largest absolute Gasteiger partial charge is 0.340 e. The van der Waals surface area contributed by atoms with E-state index in [2.05, 4.69) is 20.5 Å². The van der Waals surface area contributed by atoms with E-state index in [9.17, 15) is 4.79 Å². The molecule has 0 spiro atoms. The van der Waals surface area contributed by atoms with Crippen LogP contribution in [-0.4, -0.2) is 25.7 Å². The summed E-state index contributed by atoms with van der Waals surface area (Å²) in [6.07, 6.45) is 1.66. The van der Waals surface area contributed by atoms with E-state index >= 15 is 0 Å². The number of aromatic nitrogens is 4. The quantitative estimate of drug-likeness (QED) is 0.782. The maximum absolute atomic E-state index is 12.4. The summed E-state index contributed by atoms with van der Waals surface area (Å²) in [6.45, 7) is 4.66. The number of nitrogens with one attached hydrogen (secondary N) is 1. The normalized spacial score (nSPS) is 12.1. The third kappa shape index (κ3) is 3.29. The molecule has 0 aliphatic heterocycles. The van der Waals surface area contributed by atoms with E-state index in [0.29, 0.717) is 5.01 Å². The Balaban J connectivity index is 1.73. The van der Waals surface area contributed by atoms with E-state index in [4.69, 9.17) is 0 Å². The molecular weight excluding hydrogens is 310 g/mol. The van der Waals surface area contributed by atoms with Gasteiger partial charge in [-0.25, -0.2) is 4.98 Å². The third-order valence-corrected chi connectivity index (χ3v) is 4.33. The van der Waals surface area contributed by atoms with Crippen molar-refractivity contribution in [2.75, 3.05) is 0 Å². The van der Waals surface area contributed by atoms with Crippen LogP contribution in [-0.2, 0) is 6.54 Å². The molecule has 1 aromatic carbocycles. The van der Waals surface area contributed by atoms with Gasteiger partial charge in [0.2, 0.25) is 0 Å². The lowest BCUT2D eigenvalue weighted by Gasteiger charge is -2.12. The zero-order chi connectivity index (χ0) is 16.2. The minimum atomic E-state index is -0.228. The van der Waals surface area contributed by atoms with Crippen LogP contribution in [0.3, 0.4) is 0 Å². The number of hydrogen-bond donors (Lipinski definition) is 1. The van der Waals surface area contributed by atoms with Crippen molar-refractivity contribution in [2.45, 2.75) is 26.4 Å². The van der Waals surface area contributed by atoms with Crippen molar-refractivity contribution in [3.8, 4) is 11.3 Å². The van der Waals surface area contributed by atoms with E-state index in [1.165, 1.54) is 11.3 Å². The second-order valence-corrected chi connectivity index (χ2v) is 5.93. The number of amides is 1. The molecule has 0 saturated heterocycles. The highest BCUT2D eigenvalue weighted by atomic mass is 32.1. The standard InChI is InChI=1S/C16H17N5OS/c1-3-21-10-17-20-14(21)11(2)18-15(22)16-19-13(9-23-16)12-7-5-4-6-8-12/h4-11H,3H2,1-2H3,(H,18,22)/t11-/m1/s1. The Kier molecular flexibility index (Phi) is 4.47. The SMILES string of the molecule is CCn1cnnc1[C@@H](C)NC(=O)c1nc(-c2ccccc2)cs1. The monoisotopic (exact) mass is 327 g/mol. The first-order valence-corrected chi connectivity index (χ1v) is 8.26. The summed E-state index contributed by atoms with van der Waals surface area (Å²) >= 11 is 1.34. The summed E-state index contributed by atoms with van der Waals surface area (Å²) in [4.78, 5) is 16.8. The molecule has 0 unspecified atom stereocenters. The Morgan fingerprint density at radius 1 is 1.35 bits per heavy atom. The molecular formula is C16H17N5OS. The Bertz CT molecular complexity index is 796. The van der Waals surface area contributed by atoms with Crippen LogP contribution in [0.5, 0.6) is 0 Å². The molecule has 7 heteroatoms. The van der Waals surface area contributed by atoms with Gasteiger partial charge in [0.15, 0.2) is 10.8 Å². The van der Waals surface area contributed by atoms with Gasteiger partial charge in [-0.3, -0.25) is 4.79 Å². The van der Waals surface area contributed by atoms with E-state index in [-0.39, 0.29) is 11.9 Å². The van der Waals surface area contributed by atoms with Gasteiger partial charge in [-0.2, -0.15) is 0 Å². The summed E-state index contributed by atoms with van der Waals surface area (Å²) < 4.78 is 1.90. The molecule has 2 heterocycles. The zero-order valence-corrected chi connectivity index (χ0v) is 13.7. The fourth-order valence-electron chi connectivity index (χ4n) is 2.29. The van der Waals surface area contributed by atoms with Gasteiger partial charge < -0.3 is 9.88 Å². The fraction of sp³-hybridized carbons (Fsp3) is 0.250. The average Bonchev–Trinajstić information content (AvgIpc) is 3.24. The molecule has 1 N–H and O–H groups in total. The van der Waals surface area contributed by atoms with E-state index < -0.39 is 0 Å². The molecule has 1 atom stereocenters. The molecule has 0 aliphatic carbocycles. The maximum atomic E-state index is 12.4. The highest BCUT2D eigenvalue weighted by molar-refractivity contribution is 7.12. The van der Waals surface area contributed by atoms with E-state index in [0.717, 1.165) is 23.6 Å². The number of benzene rings is 1. The summed E-state index contributed by atoms with van der Waals surface area (Å²) in [5.41, 5.74) is 1.81. The molecule has 23 heavy (non-hydrogen) atoms. The molecule has 0 aliphatic rings. The second kappa shape index (κ2) is 6.70. The van der Waals surface area contributed by atoms with Gasteiger partial charge in [0, 0.05) is 17.5 Å². The fourth-order valence-corrected chi connectivity index (χ4v) is 3.01. The summed E-state index contributed by atoms with van der Waals surface area (Å²) in [6, 6.07) is 9.58. The molecule has 0 bridgehead atoms. The molecule has 0 saturated carbocycles. The average molecular weight is 327 g/mol. The number of rotatable bonds is 5. The van der Waals surface area contributed by atoms with Gasteiger partial charge in [-0.15, -0.1) is 21.5 Å². The molecule has 2 aromatic heterocycles. The van der Waals surface area contributed by atoms with E-state index in [1.54, 1.807) is 6.33 Å². The van der Waals surface area contributed by atoms with E-state index in [1.807, 2.05) is 54.1 Å². The maximum Gasteiger partial charge on any atom is 0.280 e. The molecule has 118 valence electrons. The van der Waals surface area contributed by atoms with Crippen LogP contribution >= 0.6 is 11.3 Å². The lowest BCUT2D eigenvalue weighted by molar-refractivity contribution is 0.0937. The van der Waals surface area contributed by atoms with Gasteiger partial charge in [0.05, 0.1) is 11.7 Å². The highest BCUT2D eigenvalue weighted by Gasteiger charge is 2.18. The van der Waals surface area contributed by atoms with Crippen molar-refractivity contribution in [2.24, 2.45) is 0 Å². The van der Waals surface area contributed by atoms with Crippen LogP contribution < -0.4 is 5.32 Å². The Hall–Kier alpha value is -2.54. The van der Waals surface area contributed by atoms with Crippen LogP contribution in [0, 0.1) is 0 Å². The Morgan fingerprint density at radius 2 is 2.13 bits per heavy atom. The molecule has 3 rings (SSSR count). The topological polar surface area (TPSA) is 72.7 Å². The Morgan fingerprint density at radius 3 is 2.87 bits per heavy atom. The van der Waals surface area contributed by atoms with Crippen molar-refractivity contribution in [1.29, 1.82) is 0 Å². The molecule has 6 nitrogen and oxygen atoms in total. The van der Waals surface area contributed by atoms with Gasteiger partial charge in [-0.05, 0) is 13.8 Å². The molecule has 0 radical (unpaired) electrons. The van der Waals surface area contributed by atoms with Gasteiger partial charge in [-0.1, -0.05) is 30.3 Å². The van der Waals surface area contributed by atoms with Crippen molar-refractivity contribution < 1.29 is 4.79 Å². The predicted octanol–water partition coefficient (Wildman–Crippen LogP) is 2.91. The smallest absolute Gasteiger partial charge is 0.280 e. The lowest BCUT2D eigenvalue weighted by Crippen LogP contribution is -2.28. The van der Waals surface area contributed by atoms with Crippen molar-refractivity contribution in [3.63, 3.8) is 0 Å². The van der Waals surface area contributed by atoms with Crippen LogP contribution in [0.1, 0.15) is 35.5 Å². The van der Waals surface area contributed by atoms with Crippen molar-refractivity contribution in [1.82, 2.24) is 25.1 Å². The number of carbonyl (C=O) groups is 1. The van der Waals surface area contributed by atoms with Crippen LogP contribution in [0.2, 0.25) is 0 Å². The predicted molar refractivity (Wildman–Crippen MR) is 89.1 cm³/mol. The van der Waals surface area contributed by atoms with Gasteiger partial charge >= 0.3 is 0 Å². The third-order valence-electron chi connectivity index (χ3n) is 3.49. The van der Waals surface area contributed by atoms with Crippen molar-refractivity contribution in [3.05, 3.63) is 52.9 Å². The Labute approximate surface area is 138 Å². The zero-order valence-electron chi connectivity index (χ0n) is 12.9. The first kappa shape index (κ1) is 15.4. The van der Waals surface area contributed by atoms with Gasteiger partial charge in [0.25, 0.3) is 5.91 Å². The van der Waals surface area contributed by atoms with Crippen molar-refractivity contribution >= 4 is 17.2 Å². The summed E-state index contributed by atoms with van der Waals surface area (Å²) in [7, 11) is 0. The summed E-state index contributed by atoms with van der Waals surface area (Å²) in [5.74, 6) is 0.538. The minimum absolute atomic E-state index is 0.199. The first-order valence-electron chi connectivity index (χ1n) is 7.38. The van der Waals surface area contributed by atoms with Crippen LogP contribution in [0.25, 0.3) is 11.3 Å². The minimum Gasteiger partial charge on any atom is -0.340 e. The number of carbonyl (C=O) groups excluding carboxylic acids is 1. The molecule has 3 aromatic rings. The van der Waals surface area contributed by atoms with Crippen LogP contribution in [0.15, 0.2) is 42.0 Å². The lowest BCUT2D eigenvalue weighted by atomic mass is 10.2. The highest BCUT2D eigenvalue weighted by Crippen LogP contribution is 2.22. The van der Waals surface area contributed by atoms with Crippen LogP contribution in [0.4, 0.5) is 0 Å². The van der Waals surface area contributed by atoms with Gasteiger partial charge in [0.1, 0.15) is 6.33 Å². The second-order valence-electron chi connectivity index (χ2n) is 5.07. The first-order chi connectivity index (χ1) is 11.2. The summed E-state index contributed by atoms with van der Waals surface area (Å²) in [5, 5.41) is 13.2. The number of hydrogen-bond acceptors (Lipinski definition) is 5. The number of aryl methyl sites for hydroxylation is 1. The number of thiazole rings is 1. The number of nitrogens with zero attached hydrogens (tertiary/aromatic N) is 4. The molecule has 0 fully saturated rings.